The zero-order chi connectivity index (χ0) is 28.7. The second-order valence-electron chi connectivity index (χ2n) is 11.1. The fourth-order valence-electron chi connectivity index (χ4n) is 6.50. The van der Waals surface area contributed by atoms with E-state index in [1.807, 2.05) is 12.1 Å². The molecule has 212 valence electrons. The molecular formula is C38H25N5Pt. The van der Waals surface area contributed by atoms with Crippen LogP contribution in [0.4, 0.5) is 0 Å². The minimum absolute atomic E-state index is 0. The van der Waals surface area contributed by atoms with Gasteiger partial charge in [-0.05, 0) is 57.7 Å². The van der Waals surface area contributed by atoms with Crippen molar-refractivity contribution in [2.45, 2.75) is 0 Å². The van der Waals surface area contributed by atoms with E-state index in [1.165, 1.54) is 16.2 Å². The van der Waals surface area contributed by atoms with Crippen LogP contribution in [0, 0.1) is 12.1 Å². The van der Waals surface area contributed by atoms with E-state index in [4.69, 9.17) is 9.97 Å². The summed E-state index contributed by atoms with van der Waals surface area (Å²) in [5, 5.41) is 4.72. The van der Waals surface area contributed by atoms with Gasteiger partial charge in [0.05, 0.1) is 33.7 Å². The van der Waals surface area contributed by atoms with Crippen LogP contribution in [-0.2, 0) is 35.2 Å². The molecule has 0 atom stereocenters. The number of nitrogens with zero attached hydrogens (tertiary/aromatic N) is 5. The third-order valence-corrected chi connectivity index (χ3v) is 8.62. The molecule has 0 aliphatic carbocycles. The van der Waals surface area contributed by atoms with E-state index in [0.717, 1.165) is 66.9 Å². The van der Waals surface area contributed by atoms with Gasteiger partial charge in [-0.3, -0.25) is 9.97 Å². The van der Waals surface area contributed by atoms with E-state index in [9.17, 15) is 0 Å². The van der Waals surface area contributed by atoms with E-state index >= 15 is 0 Å². The first kappa shape index (κ1) is 26.6. The number of aromatic nitrogens is 5. The topological polar surface area (TPSA) is 40.6 Å². The van der Waals surface area contributed by atoms with Crippen molar-refractivity contribution in [3.63, 3.8) is 0 Å². The number of para-hydroxylation sites is 3. The summed E-state index contributed by atoms with van der Waals surface area (Å²) in [5.41, 5.74) is 9.10. The quantitative estimate of drug-likeness (QED) is 0.170. The molecule has 0 aliphatic rings. The molecule has 0 saturated heterocycles. The molecule has 0 saturated carbocycles. The Kier molecular flexibility index (Phi) is 6.07. The summed E-state index contributed by atoms with van der Waals surface area (Å²) in [5.74, 6) is 1.78. The number of rotatable bonds is 3. The van der Waals surface area contributed by atoms with Crippen molar-refractivity contribution in [1.82, 2.24) is 23.7 Å². The molecule has 0 radical (unpaired) electrons. The van der Waals surface area contributed by atoms with Crippen LogP contribution < -0.4 is 0 Å². The SMILES string of the molecule is Cn1c(-c2[c-]c(-n3c4[c-]c(-c5nc6cc7ccccc7cc6n5C)ccc4c4ccccc43)ccc2)nc2ccccc21.[Pt+2]. The van der Waals surface area contributed by atoms with Crippen molar-refractivity contribution < 1.29 is 21.1 Å². The largest absolute Gasteiger partial charge is 2.00 e. The molecule has 5 nitrogen and oxygen atoms in total. The first-order valence-electron chi connectivity index (χ1n) is 14.4. The van der Waals surface area contributed by atoms with Crippen LogP contribution in [0.25, 0.3) is 83.1 Å². The monoisotopic (exact) mass is 746 g/mol. The van der Waals surface area contributed by atoms with Crippen molar-refractivity contribution in [2.75, 3.05) is 0 Å². The van der Waals surface area contributed by atoms with Crippen LogP contribution in [0.1, 0.15) is 0 Å². The minimum Gasteiger partial charge on any atom is -0.367 e. The van der Waals surface area contributed by atoms with E-state index in [-0.39, 0.29) is 21.1 Å². The van der Waals surface area contributed by atoms with E-state index < -0.39 is 0 Å². The Balaban J connectivity index is 0.00000289. The van der Waals surface area contributed by atoms with Crippen LogP contribution in [0.5, 0.6) is 0 Å². The molecule has 3 aromatic heterocycles. The summed E-state index contributed by atoms with van der Waals surface area (Å²) in [6, 6.07) is 47.7. The van der Waals surface area contributed by atoms with Crippen molar-refractivity contribution in [1.29, 1.82) is 0 Å². The normalized spacial score (nSPS) is 11.7. The minimum atomic E-state index is 0. The van der Waals surface area contributed by atoms with Crippen molar-refractivity contribution in [3.8, 4) is 28.5 Å². The van der Waals surface area contributed by atoms with Gasteiger partial charge >= 0.3 is 21.1 Å². The molecule has 0 amide bonds. The molecule has 3 heterocycles. The molecule has 9 aromatic rings. The predicted octanol–water partition coefficient (Wildman–Crippen LogP) is 8.64. The first-order chi connectivity index (χ1) is 21.1. The van der Waals surface area contributed by atoms with Gasteiger partial charge < -0.3 is 13.7 Å². The Bertz CT molecular complexity index is 2550. The molecule has 0 bridgehead atoms. The molecule has 0 aliphatic heterocycles. The third-order valence-electron chi connectivity index (χ3n) is 8.62. The van der Waals surface area contributed by atoms with Gasteiger partial charge in [-0.1, -0.05) is 60.0 Å². The number of aryl methyl sites for hydroxylation is 2. The zero-order valence-corrected chi connectivity index (χ0v) is 26.3. The van der Waals surface area contributed by atoms with Crippen molar-refractivity contribution in [3.05, 3.63) is 127 Å². The van der Waals surface area contributed by atoms with Gasteiger partial charge in [0, 0.05) is 19.6 Å². The average Bonchev–Trinajstić information content (AvgIpc) is 3.68. The second-order valence-corrected chi connectivity index (χ2v) is 11.1. The number of hydrogen-bond donors (Lipinski definition) is 0. The van der Waals surface area contributed by atoms with Crippen LogP contribution in [0.15, 0.2) is 115 Å². The number of hydrogen-bond acceptors (Lipinski definition) is 2. The van der Waals surface area contributed by atoms with Crippen molar-refractivity contribution in [2.24, 2.45) is 14.1 Å². The average molecular weight is 747 g/mol. The predicted molar refractivity (Wildman–Crippen MR) is 175 cm³/mol. The van der Waals surface area contributed by atoms with E-state index in [1.54, 1.807) is 0 Å². The zero-order valence-electron chi connectivity index (χ0n) is 24.0. The Hall–Kier alpha value is -4.99. The first-order valence-corrected chi connectivity index (χ1v) is 14.4. The van der Waals surface area contributed by atoms with Crippen LogP contribution in [0.3, 0.4) is 0 Å². The van der Waals surface area contributed by atoms with E-state index in [0.29, 0.717) is 0 Å². The standard InChI is InChI=1S/C38H25N5.Pt/c1-41-34-17-8-6-15-31(34)39-37(41)26-12-9-13-28(20-26)43-33-16-7-5-14-29(33)30-19-18-27(23-35(30)43)38-40-32-21-24-10-3-4-11-25(24)22-36(32)42(38)2;/h3-19,21-22H,1-2H3;/q-2;+2. The Labute approximate surface area is 268 Å². The Morgan fingerprint density at radius 3 is 2.00 bits per heavy atom. The van der Waals surface area contributed by atoms with Gasteiger partial charge in [0.25, 0.3) is 0 Å². The van der Waals surface area contributed by atoms with Gasteiger partial charge in [-0.2, -0.15) is 0 Å². The van der Waals surface area contributed by atoms with Crippen molar-refractivity contribution >= 4 is 54.6 Å². The van der Waals surface area contributed by atoms with Gasteiger partial charge in [0.1, 0.15) is 0 Å². The number of imidazole rings is 2. The molecular weight excluding hydrogens is 722 g/mol. The molecule has 6 aromatic carbocycles. The Morgan fingerprint density at radius 2 is 1.18 bits per heavy atom. The molecule has 44 heavy (non-hydrogen) atoms. The Morgan fingerprint density at radius 1 is 0.523 bits per heavy atom. The van der Waals surface area contributed by atoms with Crippen LogP contribution >= 0.6 is 0 Å². The number of benzene rings is 6. The molecule has 9 rings (SSSR count). The van der Waals surface area contributed by atoms with Gasteiger partial charge in [0.2, 0.25) is 0 Å². The molecule has 6 heteroatoms. The summed E-state index contributed by atoms with van der Waals surface area (Å²) in [6.07, 6.45) is 0. The fraction of sp³-hybridized carbons (Fsp3) is 0.0526. The smallest absolute Gasteiger partial charge is 0.367 e. The molecule has 0 spiro atoms. The maximum Gasteiger partial charge on any atom is 2.00 e. The maximum absolute atomic E-state index is 5.08. The van der Waals surface area contributed by atoms with Gasteiger partial charge in [-0.25, -0.2) is 0 Å². The van der Waals surface area contributed by atoms with Gasteiger partial charge in [0.15, 0.2) is 0 Å². The summed E-state index contributed by atoms with van der Waals surface area (Å²) >= 11 is 0. The summed E-state index contributed by atoms with van der Waals surface area (Å²) < 4.78 is 6.57. The second kappa shape index (κ2) is 10.0. The van der Waals surface area contributed by atoms with Crippen LogP contribution in [-0.4, -0.2) is 23.7 Å². The van der Waals surface area contributed by atoms with E-state index in [2.05, 4.69) is 143 Å². The van der Waals surface area contributed by atoms with Crippen LogP contribution in [0.2, 0.25) is 0 Å². The summed E-state index contributed by atoms with van der Waals surface area (Å²) in [6.45, 7) is 0. The maximum atomic E-state index is 5.08. The van der Waals surface area contributed by atoms with Gasteiger partial charge in [-0.15, -0.1) is 53.6 Å². The molecule has 0 unspecified atom stereocenters. The molecule has 0 fully saturated rings. The third kappa shape index (κ3) is 3.89. The summed E-state index contributed by atoms with van der Waals surface area (Å²) in [4.78, 5) is 10.0. The number of fused-ring (bicyclic) bond motifs is 6. The molecule has 0 N–H and O–H groups in total. The summed E-state index contributed by atoms with van der Waals surface area (Å²) in [7, 11) is 4.15. The fourth-order valence-corrected chi connectivity index (χ4v) is 6.50.